The first-order valence-corrected chi connectivity index (χ1v) is 10.2. The van der Waals surface area contributed by atoms with Crippen molar-refractivity contribution >= 4 is 79.2 Å². The number of carbonyl (C=O) groups excluding carboxylic acids is 2. The van der Waals surface area contributed by atoms with Gasteiger partial charge in [-0.3, -0.25) is 9.59 Å². The molecule has 0 radical (unpaired) electrons. The molecule has 0 saturated carbocycles. The molecule has 0 unspecified atom stereocenters. The maximum absolute atomic E-state index is 12.7. The number of anilines is 1. The Morgan fingerprint density at radius 3 is 2.63 bits per heavy atom. The molecule has 1 N–H and O–H groups in total. The van der Waals surface area contributed by atoms with Crippen LogP contribution >= 0.6 is 50.3 Å². The number of hydrogen-bond acceptors (Lipinski definition) is 5. The lowest BCUT2D eigenvalue weighted by Crippen LogP contribution is -2.27. The van der Waals surface area contributed by atoms with E-state index in [9.17, 15) is 14.4 Å². The van der Waals surface area contributed by atoms with Crippen molar-refractivity contribution in [2.75, 3.05) is 11.5 Å². The first-order chi connectivity index (χ1) is 12.9. The van der Waals surface area contributed by atoms with E-state index >= 15 is 0 Å². The molecular formula is C18H11BrINO5S. The molecule has 1 fully saturated rings. The topological polar surface area (TPSA) is 83.9 Å². The Kier molecular flexibility index (Phi) is 6.22. The third-order valence-corrected chi connectivity index (χ3v) is 5.55. The highest BCUT2D eigenvalue weighted by molar-refractivity contribution is 14.1. The van der Waals surface area contributed by atoms with Crippen LogP contribution in [0.1, 0.15) is 5.56 Å². The highest BCUT2D eigenvalue weighted by Crippen LogP contribution is 2.39. The summed E-state index contributed by atoms with van der Waals surface area (Å²) >= 11 is 6.28. The molecule has 6 nitrogen and oxygen atoms in total. The van der Waals surface area contributed by atoms with Crippen LogP contribution in [0.4, 0.5) is 10.5 Å². The van der Waals surface area contributed by atoms with Crippen molar-refractivity contribution in [1.82, 2.24) is 0 Å². The second kappa shape index (κ2) is 8.44. The number of ether oxygens (including phenoxy) is 1. The zero-order chi connectivity index (χ0) is 19.6. The lowest BCUT2D eigenvalue weighted by molar-refractivity contribution is -0.139. The second-order valence-corrected chi connectivity index (χ2v) is 8.43. The summed E-state index contributed by atoms with van der Waals surface area (Å²) < 4.78 is 6.77. The number of halogens is 2. The SMILES string of the molecule is O=C(O)COc1c(Br)cc(I)cc1/C=C1/SC(=O)N(c2ccccc2)C1=O. The monoisotopic (exact) mass is 559 g/mol. The molecule has 138 valence electrons. The average Bonchev–Trinajstić information content (AvgIpc) is 2.88. The van der Waals surface area contributed by atoms with E-state index in [2.05, 4.69) is 38.5 Å². The Hall–Kier alpha value is -1.85. The predicted octanol–water partition coefficient (Wildman–Crippen LogP) is 4.76. The first-order valence-electron chi connectivity index (χ1n) is 7.53. The Bertz CT molecular complexity index is 964. The average molecular weight is 560 g/mol. The Balaban J connectivity index is 1.98. The van der Waals surface area contributed by atoms with Gasteiger partial charge in [-0.1, -0.05) is 18.2 Å². The smallest absolute Gasteiger partial charge is 0.341 e. The van der Waals surface area contributed by atoms with Gasteiger partial charge < -0.3 is 9.84 Å². The van der Waals surface area contributed by atoms with Crippen LogP contribution in [0.3, 0.4) is 0 Å². The fourth-order valence-corrected chi connectivity index (χ4v) is 4.88. The largest absolute Gasteiger partial charge is 0.480 e. The van der Waals surface area contributed by atoms with Gasteiger partial charge in [-0.25, -0.2) is 9.69 Å². The molecule has 0 bridgehead atoms. The molecule has 0 spiro atoms. The zero-order valence-electron chi connectivity index (χ0n) is 13.5. The summed E-state index contributed by atoms with van der Waals surface area (Å²) in [7, 11) is 0. The number of rotatable bonds is 5. The molecular weight excluding hydrogens is 549 g/mol. The van der Waals surface area contributed by atoms with Crippen LogP contribution in [0.25, 0.3) is 6.08 Å². The molecule has 3 rings (SSSR count). The van der Waals surface area contributed by atoms with Crippen molar-refractivity contribution in [1.29, 1.82) is 0 Å². The number of aliphatic carboxylic acids is 1. The Morgan fingerprint density at radius 2 is 1.96 bits per heavy atom. The van der Waals surface area contributed by atoms with Crippen LogP contribution < -0.4 is 9.64 Å². The fraction of sp³-hybridized carbons (Fsp3) is 0.0556. The van der Waals surface area contributed by atoms with E-state index in [-0.39, 0.29) is 4.91 Å². The van der Waals surface area contributed by atoms with Crippen LogP contribution in [0, 0.1) is 3.57 Å². The van der Waals surface area contributed by atoms with Gasteiger partial charge in [-0.05, 0) is 80.6 Å². The van der Waals surface area contributed by atoms with E-state index in [1.165, 1.54) is 6.08 Å². The normalized spacial score (nSPS) is 15.5. The van der Waals surface area contributed by atoms with Gasteiger partial charge >= 0.3 is 5.97 Å². The molecule has 1 heterocycles. The van der Waals surface area contributed by atoms with Crippen LogP contribution in [0.5, 0.6) is 5.75 Å². The molecule has 27 heavy (non-hydrogen) atoms. The third kappa shape index (κ3) is 4.53. The van der Waals surface area contributed by atoms with E-state index in [0.29, 0.717) is 21.5 Å². The lowest BCUT2D eigenvalue weighted by atomic mass is 10.2. The van der Waals surface area contributed by atoms with Crippen molar-refractivity contribution < 1.29 is 24.2 Å². The molecule has 0 aromatic heterocycles. The summed E-state index contributed by atoms with van der Waals surface area (Å²) in [4.78, 5) is 37.2. The second-order valence-electron chi connectivity index (χ2n) is 5.34. The zero-order valence-corrected chi connectivity index (χ0v) is 18.1. The summed E-state index contributed by atoms with van der Waals surface area (Å²) in [5, 5.41) is 8.47. The van der Waals surface area contributed by atoms with Crippen LogP contribution in [0.15, 0.2) is 51.8 Å². The predicted molar refractivity (Wildman–Crippen MR) is 115 cm³/mol. The van der Waals surface area contributed by atoms with Gasteiger partial charge in [0.25, 0.3) is 11.1 Å². The maximum atomic E-state index is 12.7. The minimum Gasteiger partial charge on any atom is -0.480 e. The number of para-hydroxylation sites is 1. The molecule has 2 amide bonds. The molecule has 2 aromatic carbocycles. The highest BCUT2D eigenvalue weighted by Gasteiger charge is 2.36. The molecule has 0 atom stereocenters. The molecule has 2 aromatic rings. The van der Waals surface area contributed by atoms with E-state index in [0.717, 1.165) is 20.2 Å². The number of benzene rings is 2. The molecule has 0 aliphatic carbocycles. The quantitative estimate of drug-likeness (QED) is 0.420. The number of hydrogen-bond donors (Lipinski definition) is 1. The van der Waals surface area contributed by atoms with Crippen molar-refractivity contribution in [3.8, 4) is 5.75 Å². The van der Waals surface area contributed by atoms with Crippen LogP contribution in [-0.4, -0.2) is 28.8 Å². The van der Waals surface area contributed by atoms with E-state index in [1.807, 2.05) is 0 Å². The van der Waals surface area contributed by atoms with E-state index in [1.54, 1.807) is 42.5 Å². The van der Waals surface area contributed by atoms with Gasteiger partial charge in [0.15, 0.2) is 6.61 Å². The summed E-state index contributed by atoms with van der Waals surface area (Å²) in [6, 6.07) is 12.2. The number of carboxylic acid groups (broad SMARTS) is 1. The minimum atomic E-state index is -1.11. The number of thioether (sulfide) groups is 1. The fourth-order valence-electron chi connectivity index (χ4n) is 2.38. The van der Waals surface area contributed by atoms with Crippen LogP contribution in [0.2, 0.25) is 0 Å². The van der Waals surface area contributed by atoms with Crippen LogP contribution in [-0.2, 0) is 9.59 Å². The highest BCUT2D eigenvalue weighted by atomic mass is 127. The summed E-state index contributed by atoms with van der Waals surface area (Å²) in [5.41, 5.74) is 1.00. The molecule has 1 aliphatic rings. The summed E-state index contributed by atoms with van der Waals surface area (Å²) in [6.07, 6.45) is 1.54. The van der Waals surface area contributed by atoms with Crippen molar-refractivity contribution in [3.63, 3.8) is 0 Å². The Labute approximate surface area is 180 Å². The van der Waals surface area contributed by atoms with Gasteiger partial charge in [0.2, 0.25) is 0 Å². The standard InChI is InChI=1S/C18H11BrINO5S/c19-13-8-11(20)6-10(16(13)26-9-15(22)23)7-14-17(24)21(18(25)27-14)12-4-2-1-3-5-12/h1-8H,9H2,(H,22,23)/b14-7+. The van der Waals surface area contributed by atoms with Gasteiger partial charge in [-0.15, -0.1) is 0 Å². The molecule has 1 aliphatic heterocycles. The first kappa shape index (κ1) is 19.9. The minimum absolute atomic E-state index is 0.234. The van der Waals surface area contributed by atoms with E-state index in [4.69, 9.17) is 9.84 Å². The number of carboxylic acids is 1. The molecule has 1 saturated heterocycles. The van der Waals surface area contributed by atoms with Crippen molar-refractivity contribution in [3.05, 3.63) is 61.0 Å². The van der Waals surface area contributed by atoms with E-state index < -0.39 is 23.7 Å². The molecule has 9 heteroatoms. The Morgan fingerprint density at radius 1 is 1.26 bits per heavy atom. The van der Waals surface area contributed by atoms with Gasteiger partial charge in [-0.2, -0.15) is 0 Å². The number of amides is 2. The van der Waals surface area contributed by atoms with Crippen molar-refractivity contribution in [2.45, 2.75) is 0 Å². The third-order valence-electron chi connectivity index (χ3n) is 3.47. The van der Waals surface area contributed by atoms with Gasteiger partial charge in [0.05, 0.1) is 15.1 Å². The maximum Gasteiger partial charge on any atom is 0.341 e. The van der Waals surface area contributed by atoms with Gasteiger partial charge in [0.1, 0.15) is 5.75 Å². The number of nitrogens with zero attached hydrogens (tertiary/aromatic N) is 1. The van der Waals surface area contributed by atoms with Gasteiger partial charge in [0, 0.05) is 9.13 Å². The summed E-state index contributed by atoms with van der Waals surface area (Å²) in [5.74, 6) is -1.25. The number of carbonyl (C=O) groups is 3. The number of imide groups is 1. The van der Waals surface area contributed by atoms with Crippen molar-refractivity contribution in [2.24, 2.45) is 0 Å². The summed E-state index contributed by atoms with van der Waals surface area (Å²) in [6.45, 7) is -0.522. The lowest BCUT2D eigenvalue weighted by Gasteiger charge is -2.12.